The van der Waals surface area contributed by atoms with Gasteiger partial charge in [-0.1, -0.05) is 19.0 Å². The summed E-state index contributed by atoms with van der Waals surface area (Å²) < 4.78 is 11.6. The van der Waals surface area contributed by atoms with Crippen molar-refractivity contribution in [3.8, 4) is 0 Å². The number of carbonyl (C=O) groups excluding carboxylic acids is 1. The van der Waals surface area contributed by atoms with E-state index in [0.29, 0.717) is 30.4 Å². The molecule has 0 radical (unpaired) electrons. The molecule has 0 fully saturated rings. The van der Waals surface area contributed by atoms with Gasteiger partial charge in [-0.3, -0.25) is 4.68 Å². The molecule has 0 aromatic carbocycles. The molecule has 0 aliphatic carbocycles. The van der Waals surface area contributed by atoms with E-state index >= 15 is 0 Å². The molecule has 7 nitrogen and oxygen atoms in total. The highest BCUT2D eigenvalue weighted by molar-refractivity contribution is 5.88. The molecule has 0 saturated carbocycles. The summed E-state index contributed by atoms with van der Waals surface area (Å²) in [6, 6.07) is 0. The summed E-state index contributed by atoms with van der Waals surface area (Å²) in [5.74, 6) is 0.947. The van der Waals surface area contributed by atoms with Gasteiger partial charge in [0.05, 0.1) is 18.4 Å². The molecule has 0 aliphatic rings. The fourth-order valence-corrected chi connectivity index (χ4v) is 1.48. The van der Waals surface area contributed by atoms with Crippen LogP contribution < -0.4 is 0 Å². The van der Waals surface area contributed by atoms with Crippen LogP contribution in [0.5, 0.6) is 0 Å². The van der Waals surface area contributed by atoms with Gasteiger partial charge in [-0.15, -0.1) is 0 Å². The lowest BCUT2D eigenvalue weighted by Crippen LogP contribution is -2.04. The van der Waals surface area contributed by atoms with Crippen LogP contribution in [0, 0.1) is 0 Å². The van der Waals surface area contributed by atoms with Crippen LogP contribution >= 0.6 is 0 Å². The number of carbonyl (C=O) groups is 1. The molecular formula is C12H16N4O3. The third-order valence-electron chi connectivity index (χ3n) is 2.44. The average Bonchev–Trinajstić information content (AvgIpc) is 2.99. The van der Waals surface area contributed by atoms with Crippen molar-refractivity contribution in [2.24, 2.45) is 0 Å². The monoisotopic (exact) mass is 264 g/mol. The van der Waals surface area contributed by atoms with E-state index in [9.17, 15) is 4.79 Å². The van der Waals surface area contributed by atoms with E-state index in [1.165, 1.54) is 6.20 Å². The van der Waals surface area contributed by atoms with Crippen molar-refractivity contribution < 1.29 is 14.1 Å². The minimum atomic E-state index is -0.387. The number of rotatable bonds is 5. The molecule has 0 spiro atoms. The van der Waals surface area contributed by atoms with Gasteiger partial charge in [0.1, 0.15) is 6.54 Å². The predicted octanol–water partition coefficient (Wildman–Crippen LogP) is 1.61. The molecule has 0 bridgehead atoms. The maximum atomic E-state index is 11.5. The van der Waals surface area contributed by atoms with Crippen molar-refractivity contribution in [3.63, 3.8) is 0 Å². The summed E-state index contributed by atoms with van der Waals surface area (Å²) in [6.07, 6.45) is 3.05. The Bertz CT molecular complexity index is 559. The summed E-state index contributed by atoms with van der Waals surface area (Å²) in [5.41, 5.74) is 0.408. The molecule has 2 heterocycles. The van der Waals surface area contributed by atoms with E-state index in [-0.39, 0.29) is 11.9 Å². The van der Waals surface area contributed by atoms with E-state index in [1.807, 2.05) is 13.8 Å². The standard InChI is InChI=1S/C12H16N4O3/c1-4-18-12(17)9-5-13-16(6-9)7-10-14-11(8(2)3)15-19-10/h5-6,8H,4,7H2,1-3H3. The molecule has 0 saturated heterocycles. The Morgan fingerprint density at radius 3 is 2.95 bits per heavy atom. The maximum Gasteiger partial charge on any atom is 0.341 e. The van der Waals surface area contributed by atoms with Crippen LogP contribution in [-0.2, 0) is 11.3 Å². The first-order valence-corrected chi connectivity index (χ1v) is 6.12. The highest BCUT2D eigenvalue weighted by Crippen LogP contribution is 2.10. The molecule has 0 atom stereocenters. The first-order chi connectivity index (χ1) is 9.10. The Labute approximate surface area is 110 Å². The Morgan fingerprint density at radius 2 is 2.32 bits per heavy atom. The largest absolute Gasteiger partial charge is 0.462 e. The molecule has 2 aromatic rings. The van der Waals surface area contributed by atoms with Gasteiger partial charge in [0.15, 0.2) is 5.82 Å². The first-order valence-electron chi connectivity index (χ1n) is 6.12. The number of nitrogens with zero attached hydrogens (tertiary/aromatic N) is 4. The zero-order valence-corrected chi connectivity index (χ0v) is 11.2. The molecule has 19 heavy (non-hydrogen) atoms. The van der Waals surface area contributed by atoms with Crippen molar-refractivity contribution in [2.75, 3.05) is 6.61 Å². The molecule has 0 unspecified atom stereocenters. The van der Waals surface area contributed by atoms with Crippen molar-refractivity contribution in [3.05, 3.63) is 29.7 Å². The Balaban J connectivity index is 2.04. The third kappa shape index (κ3) is 3.18. The number of hydrogen-bond donors (Lipinski definition) is 0. The molecule has 0 aliphatic heterocycles. The molecule has 0 N–H and O–H groups in total. The number of hydrogen-bond acceptors (Lipinski definition) is 6. The van der Waals surface area contributed by atoms with Crippen molar-refractivity contribution in [2.45, 2.75) is 33.2 Å². The van der Waals surface area contributed by atoms with E-state index in [1.54, 1.807) is 17.8 Å². The van der Waals surface area contributed by atoms with Gasteiger partial charge in [0, 0.05) is 12.1 Å². The van der Waals surface area contributed by atoms with Crippen LogP contribution in [0.3, 0.4) is 0 Å². The van der Waals surface area contributed by atoms with Gasteiger partial charge in [0.2, 0.25) is 5.89 Å². The quantitative estimate of drug-likeness (QED) is 0.763. The third-order valence-corrected chi connectivity index (χ3v) is 2.44. The smallest absolute Gasteiger partial charge is 0.341 e. The lowest BCUT2D eigenvalue weighted by molar-refractivity contribution is 0.0526. The van der Waals surface area contributed by atoms with Crippen LogP contribution in [0.4, 0.5) is 0 Å². The number of ether oxygens (including phenoxy) is 1. The lowest BCUT2D eigenvalue weighted by atomic mass is 10.2. The fourth-order valence-electron chi connectivity index (χ4n) is 1.48. The average molecular weight is 264 g/mol. The molecule has 7 heteroatoms. The summed E-state index contributed by atoms with van der Waals surface area (Å²) >= 11 is 0. The Hall–Kier alpha value is -2.18. The van der Waals surface area contributed by atoms with E-state index in [0.717, 1.165) is 0 Å². The van der Waals surface area contributed by atoms with Crippen molar-refractivity contribution in [1.82, 2.24) is 19.9 Å². The highest BCUT2D eigenvalue weighted by Gasteiger charge is 2.13. The van der Waals surface area contributed by atoms with Gasteiger partial charge in [-0.25, -0.2) is 4.79 Å². The minimum absolute atomic E-state index is 0.213. The SMILES string of the molecule is CCOC(=O)c1cnn(Cc2nc(C(C)C)no2)c1. The van der Waals surface area contributed by atoms with Gasteiger partial charge >= 0.3 is 5.97 Å². The second kappa shape index (κ2) is 5.64. The summed E-state index contributed by atoms with van der Waals surface area (Å²) in [5, 5.41) is 7.92. The van der Waals surface area contributed by atoms with Gasteiger partial charge < -0.3 is 9.26 Å². The second-order valence-corrected chi connectivity index (χ2v) is 4.35. The molecule has 2 aromatic heterocycles. The lowest BCUT2D eigenvalue weighted by Gasteiger charge is -1.97. The number of aromatic nitrogens is 4. The minimum Gasteiger partial charge on any atom is -0.462 e. The van der Waals surface area contributed by atoms with Crippen LogP contribution in [-0.4, -0.2) is 32.5 Å². The van der Waals surface area contributed by atoms with Gasteiger partial charge in [-0.05, 0) is 6.92 Å². The first kappa shape index (κ1) is 13.3. The van der Waals surface area contributed by atoms with E-state index < -0.39 is 0 Å². The Kier molecular flexibility index (Phi) is 3.94. The number of esters is 1. The highest BCUT2D eigenvalue weighted by atomic mass is 16.5. The summed E-state index contributed by atoms with van der Waals surface area (Å²) in [6.45, 7) is 6.40. The predicted molar refractivity (Wildman–Crippen MR) is 65.7 cm³/mol. The summed E-state index contributed by atoms with van der Waals surface area (Å²) in [7, 11) is 0. The van der Waals surface area contributed by atoms with Crippen LogP contribution in [0.2, 0.25) is 0 Å². The molecule has 0 amide bonds. The van der Waals surface area contributed by atoms with Crippen LogP contribution in [0.15, 0.2) is 16.9 Å². The van der Waals surface area contributed by atoms with Crippen LogP contribution in [0.25, 0.3) is 0 Å². The van der Waals surface area contributed by atoms with Gasteiger partial charge in [0.25, 0.3) is 0 Å². The van der Waals surface area contributed by atoms with Crippen molar-refractivity contribution >= 4 is 5.97 Å². The molecule has 102 valence electrons. The molecule has 2 rings (SSSR count). The zero-order valence-electron chi connectivity index (χ0n) is 11.2. The Morgan fingerprint density at radius 1 is 1.53 bits per heavy atom. The van der Waals surface area contributed by atoms with Crippen LogP contribution in [0.1, 0.15) is 48.8 Å². The van der Waals surface area contributed by atoms with E-state index in [2.05, 4.69) is 15.2 Å². The summed E-state index contributed by atoms with van der Waals surface area (Å²) in [4.78, 5) is 15.7. The maximum absolute atomic E-state index is 11.5. The van der Waals surface area contributed by atoms with E-state index in [4.69, 9.17) is 9.26 Å². The topological polar surface area (TPSA) is 83.0 Å². The normalized spacial score (nSPS) is 10.9. The van der Waals surface area contributed by atoms with Gasteiger partial charge in [-0.2, -0.15) is 10.1 Å². The van der Waals surface area contributed by atoms with Crippen molar-refractivity contribution in [1.29, 1.82) is 0 Å². The fraction of sp³-hybridized carbons (Fsp3) is 0.500. The molecular weight excluding hydrogens is 248 g/mol. The zero-order chi connectivity index (χ0) is 13.8. The second-order valence-electron chi connectivity index (χ2n) is 4.35.